The minimum atomic E-state index is -0.782. The van der Waals surface area contributed by atoms with E-state index in [1.54, 1.807) is 0 Å². The molecule has 0 unspecified atom stereocenters. The Kier molecular flexibility index (Phi) is 4.66. The zero-order valence-corrected chi connectivity index (χ0v) is 9.23. The molecule has 2 N–H and O–H groups in total. The Labute approximate surface area is 94.4 Å². The van der Waals surface area contributed by atoms with E-state index in [0.29, 0.717) is 13.0 Å². The van der Waals surface area contributed by atoms with Crippen molar-refractivity contribution in [2.75, 3.05) is 7.11 Å². The zero-order chi connectivity index (χ0) is 12.0. The number of methoxy groups -OCH3 is 1. The van der Waals surface area contributed by atoms with Gasteiger partial charge in [-0.3, -0.25) is 4.79 Å². The molecule has 4 heteroatoms. The molecule has 4 nitrogen and oxygen atoms in total. The first kappa shape index (κ1) is 12.4. The highest BCUT2D eigenvalue weighted by atomic mass is 16.5. The molecule has 86 valence electrons. The van der Waals surface area contributed by atoms with Gasteiger partial charge in [-0.15, -0.1) is 0 Å². The highest BCUT2D eigenvalue weighted by molar-refractivity contribution is 6.33. The van der Waals surface area contributed by atoms with Crippen molar-refractivity contribution in [3.05, 3.63) is 35.4 Å². The number of carbonyl (C=O) groups is 2. The van der Waals surface area contributed by atoms with E-state index in [1.807, 2.05) is 24.3 Å². The number of ether oxygens (including phenoxy) is 1. The summed E-state index contributed by atoms with van der Waals surface area (Å²) in [5.74, 6) is -1.28. The van der Waals surface area contributed by atoms with Crippen LogP contribution in [0.4, 0.5) is 0 Å². The number of hydrogen-bond acceptors (Lipinski definition) is 4. The Bertz CT molecular complexity index is 388. The van der Waals surface area contributed by atoms with E-state index in [0.717, 1.165) is 11.1 Å². The van der Waals surface area contributed by atoms with E-state index in [2.05, 4.69) is 4.74 Å². The third-order valence-electron chi connectivity index (χ3n) is 2.28. The number of carbonyl (C=O) groups excluding carboxylic acids is 2. The van der Waals surface area contributed by atoms with Gasteiger partial charge in [0.25, 0.3) is 0 Å². The van der Waals surface area contributed by atoms with Crippen LogP contribution in [-0.4, -0.2) is 18.9 Å². The molecule has 0 amide bonds. The lowest BCUT2D eigenvalue weighted by atomic mass is 10.0. The first-order valence-corrected chi connectivity index (χ1v) is 5.06. The van der Waals surface area contributed by atoms with Crippen LogP contribution < -0.4 is 5.73 Å². The monoisotopic (exact) mass is 221 g/mol. The molecule has 0 saturated carbocycles. The third kappa shape index (κ3) is 3.47. The second kappa shape index (κ2) is 6.02. The van der Waals surface area contributed by atoms with Crippen LogP contribution in [-0.2, 0) is 27.3 Å². The fraction of sp³-hybridized carbons (Fsp3) is 0.333. The van der Waals surface area contributed by atoms with Crippen LogP contribution in [0.1, 0.15) is 17.5 Å². The molecule has 0 aromatic heterocycles. The van der Waals surface area contributed by atoms with Gasteiger partial charge in [-0.2, -0.15) is 0 Å². The van der Waals surface area contributed by atoms with Crippen molar-refractivity contribution in [1.82, 2.24) is 0 Å². The van der Waals surface area contributed by atoms with E-state index in [9.17, 15) is 9.59 Å². The summed E-state index contributed by atoms with van der Waals surface area (Å²) in [6.07, 6.45) is 0.697. The summed E-state index contributed by atoms with van der Waals surface area (Å²) in [5, 5.41) is 0. The summed E-state index contributed by atoms with van der Waals surface area (Å²) in [7, 11) is 1.20. The Morgan fingerprint density at radius 2 is 2.00 bits per heavy atom. The Hall–Kier alpha value is -1.68. The molecule has 0 fully saturated rings. The lowest BCUT2D eigenvalue weighted by molar-refractivity contribution is -0.151. The predicted octanol–water partition coefficient (Wildman–Crippen LogP) is 0.820. The highest BCUT2D eigenvalue weighted by Crippen LogP contribution is 2.07. The van der Waals surface area contributed by atoms with Gasteiger partial charge in [-0.1, -0.05) is 24.3 Å². The quantitative estimate of drug-likeness (QED) is 0.590. The second-order valence-electron chi connectivity index (χ2n) is 3.44. The van der Waals surface area contributed by atoms with Gasteiger partial charge >= 0.3 is 5.97 Å². The molecule has 0 aliphatic rings. The lowest BCUT2D eigenvalue weighted by Gasteiger charge is -2.02. The average molecular weight is 221 g/mol. The van der Waals surface area contributed by atoms with Gasteiger partial charge in [0.05, 0.1) is 7.11 Å². The first-order valence-electron chi connectivity index (χ1n) is 5.06. The van der Waals surface area contributed by atoms with E-state index >= 15 is 0 Å². The number of benzene rings is 1. The van der Waals surface area contributed by atoms with Crippen molar-refractivity contribution in [1.29, 1.82) is 0 Å². The standard InChI is InChI=1S/C12H15NO3/c1-16-12(15)11(14)6-5-9-3-2-4-10(7-9)8-13/h2-4,7H,5-6,8,13H2,1H3. The molecule has 1 rings (SSSR count). The van der Waals surface area contributed by atoms with Crippen LogP contribution in [0.25, 0.3) is 0 Å². The Morgan fingerprint density at radius 1 is 1.31 bits per heavy atom. The molecule has 0 aliphatic carbocycles. The number of ketones is 1. The van der Waals surface area contributed by atoms with Gasteiger partial charge < -0.3 is 10.5 Å². The topological polar surface area (TPSA) is 69.4 Å². The number of Topliss-reactive ketones (excluding diaryl/α,β-unsaturated/α-hetero) is 1. The largest absolute Gasteiger partial charge is 0.463 e. The molecule has 0 saturated heterocycles. The molecule has 0 radical (unpaired) electrons. The summed E-state index contributed by atoms with van der Waals surface area (Å²) >= 11 is 0. The maximum atomic E-state index is 11.2. The smallest absolute Gasteiger partial charge is 0.374 e. The summed E-state index contributed by atoms with van der Waals surface area (Å²) in [6.45, 7) is 0.471. The number of esters is 1. The fourth-order valence-electron chi connectivity index (χ4n) is 1.39. The van der Waals surface area contributed by atoms with E-state index in [-0.39, 0.29) is 6.42 Å². The maximum Gasteiger partial charge on any atom is 0.374 e. The van der Waals surface area contributed by atoms with E-state index < -0.39 is 11.8 Å². The second-order valence-corrected chi connectivity index (χ2v) is 3.44. The fourth-order valence-corrected chi connectivity index (χ4v) is 1.39. The zero-order valence-electron chi connectivity index (χ0n) is 9.23. The van der Waals surface area contributed by atoms with E-state index in [1.165, 1.54) is 7.11 Å². The van der Waals surface area contributed by atoms with E-state index in [4.69, 9.17) is 5.73 Å². The molecule has 0 bridgehead atoms. The minimum absolute atomic E-state index is 0.167. The van der Waals surface area contributed by atoms with Gasteiger partial charge in [0.2, 0.25) is 5.78 Å². The highest BCUT2D eigenvalue weighted by Gasteiger charge is 2.13. The average Bonchev–Trinajstić information content (AvgIpc) is 2.35. The Morgan fingerprint density at radius 3 is 2.62 bits per heavy atom. The maximum absolute atomic E-state index is 11.2. The number of aryl methyl sites for hydroxylation is 1. The minimum Gasteiger partial charge on any atom is -0.463 e. The molecule has 1 aromatic rings. The molecular weight excluding hydrogens is 206 g/mol. The van der Waals surface area contributed by atoms with Crippen LogP contribution >= 0.6 is 0 Å². The number of nitrogens with two attached hydrogens (primary N) is 1. The Balaban J connectivity index is 2.54. The molecule has 16 heavy (non-hydrogen) atoms. The lowest BCUT2D eigenvalue weighted by Crippen LogP contribution is -2.15. The first-order chi connectivity index (χ1) is 7.67. The molecule has 1 aromatic carbocycles. The SMILES string of the molecule is COC(=O)C(=O)CCc1cccc(CN)c1. The summed E-state index contributed by atoms with van der Waals surface area (Å²) in [4.78, 5) is 22.1. The van der Waals surface area contributed by atoms with Crippen LogP contribution in [0.3, 0.4) is 0 Å². The van der Waals surface area contributed by atoms with Crippen molar-refractivity contribution in [3.8, 4) is 0 Å². The van der Waals surface area contributed by atoms with Gasteiger partial charge in [0.1, 0.15) is 0 Å². The van der Waals surface area contributed by atoms with Gasteiger partial charge in [0, 0.05) is 13.0 Å². The van der Waals surface area contributed by atoms with Crippen molar-refractivity contribution in [3.63, 3.8) is 0 Å². The van der Waals surface area contributed by atoms with Gasteiger partial charge in [-0.25, -0.2) is 4.79 Å². The molecule has 0 heterocycles. The van der Waals surface area contributed by atoms with Crippen LogP contribution in [0.5, 0.6) is 0 Å². The third-order valence-corrected chi connectivity index (χ3v) is 2.28. The molecule has 0 spiro atoms. The normalized spacial score (nSPS) is 9.88. The number of rotatable bonds is 5. The van der Waals surface area contributed by atoms with Gasteiger partial charge in [-0.05, 0) is 17.5 Å². The van der Waals surface area contributed by atoms with Crippen molar-refractivity contribution >= 4 is 11.8 Å². The number of hydrogen-bond donors (Lipinski definition) is 1. The van der Waals surface area contributed by atoms with Crippen molar-refractivity contribution in [2.45, 2.75) is 19.4 Å². The van der Waals surface area contributed by atoms with Gasteiger partial charge in [0.15, 0.2) is 0 Å². The summed E-state index contributed by atoms with van der Waals surface area (Å²) in [6, 6.07) is 7.65. The van der Waals surface area contributed by atoms with Crippen LogP contribution in [0.2, 0.25) is 0 Å². The molecular formula is C12H15NO3. The van der Waals surface area contributed by atoms with Crippen LogP contribution in [0, 0.1) is 0 Å². The summed E-state index contributed by atoms with van der Waals surface area (Å²) < 4.78 is 4.34. The molecule has 0 atom stereocenters. The van der Waals surface area contributed by atoms with Crippen molar-refractivity contribution in [2.24, 2.45) is 5.73 Å². The molecule has 0 aliphatic heterocycles. The predicted molar refractivity (Wildman–Crippen MR) is 59.7 cm³/mol. The van der Waals surface area contributed by atoms with Crippen molar-refractivity contribution < 1.29 is 14.3 Å². The van der Waals surface area contributed by atoms with Crippen LogP contribution in [0.15, 0.2) is 24.3 Å². The summed E-state index contributed by atoms with van der Waals surface area (Å²) in [5.41, 5.74) is 7.52.